The highest BCUT2D eigenvalue weighted by Crippen LogP contribution is 2.28. The molecule has 0 radical (unpaired) electrons. The van der Waals surface area contributed by atoms with E-state index in [1.165, 1.54) is 16.9 Å². The van der Waals surface area contributed by atoms with Crippen LogP contribution in [-0.4, -0.2) is 60.2 Å². The Bertz CT molecular complexity index is 942. The highest BCUT2D eigenvalue weighted by molar-refractivity contribution is 7.14. The van der Waals surface area contributed by atoms with Crippen LogP contribution >= 0.6 is 11.3 Å². The predicted octanol–water partition coefficient (Wildman–Crippen LogP) is 3.89. The van der Waals surface area contributed by atoms with Crippen molar-refractivity contribution in [3.63, 3.8) is 0 Å². The van der Waals surface area contributed by atoms with Gasteiger partial charge in [-0.2, -0.15) is 0 Å². The number of carbonyl (C=O) groups excluding carboxylic acids is 1. The van der Waals surface area contributed by atoms with E-state index in [4.69, 9.17) is 9.72 Å². The molecule has 1 aliphatic heterocycles. The first-order chi connectivity index (χ1) is 15.3. The van der Waals surface area contributed by atoms with E-state index in [2.05, 4.69) is 22.0 Å². The summed E-state index contributed by atoms with van der Waals surface area (Å²) in [5.41, 5.74) is 3.08. The van der Waals surface area contributed by atoms with Gasteiger partial charge in [-0.25, -0.2) is 4.98 Å². The second kappa shape index (κ2) is 11.1. The molecule has 0 saturated carbocycles. The minimum Gasteiger partial charge on any atom is -0.379 e. The maximum absolute atomic E-state index is 13.2. The van der Waals surface area contributed by atoms with Gasteiger partial charge >= 0.3 is 0 Å². The van der Waals surface area contributed by atoms with Crippen LogP contribution in [0.15, 0.2) is 60.2 Å². The lowest BCUT2D eigenvalue weighted by Gasteiger charge is -2.27. The fourth-order valence-electron chi connectivity index (χ4n) is 3.68. The lowest BCUT2D eigenvalue weighted by molar-refractivity contribution is -0.118. The molecule has 0 N–H and O–H groups in total. The van der Waals surface area contributed by atoms with Crippen LogP contribution in [0.1, 0.15) is 18.4 Å². The van der Waals surface area contributed by atoms with Crippen molar-refractivity contribution < 1.29 is 9.53 Å². The van der Waals surface area contributed by atoms with Gasteiger partial charge in [0.1, 0.15) is 0 Å². The van der Waals surface area contributed by atoms with Gasteiger partial charge in [-0.3, -0.25) is 19.6 Å². The van der Waals surface area contributed by atoms with Crippen molar-refractivity contribution in [2.24, 2.45) is 0 Å². The molecule has 0 atom stereocenters. The third-order valence-corrected chi connectivity index (χ3v) is 6.29. The second-order valence-electron chi connectivity index (χ2n) is 7.59. The number of morpholine rings is 1. The largest absolute Gasteiger partial charge is 0.379 e. The van der Waals surface area contributed by atoms with Gasteiger partial charge in [-0.15, -0.1) is 11.3 Å². The summed E-state index contributed by atoms with van der Waals surface area (Å²) in [5, 5.41) is 2.79. The van der Waals surface area contributed by atoms with Crippen molar-refractivity contribution in [3.05, 3.63) is 65.8 Å². The Morgan fingerprint density at radius 1 is 1.10 bits per heavy atom. The molecule has 7 heteroatoms. The number of pyridine rings is 1. The maximum Gasteiger partial charge on any atom is 0.229 e. The van der Waals surface area contributed by atoms with Crippen LogP contribution in [0.3, 0.4) is 0 Å². The first kappa shape index (κ1) is 21.6. The van der Waals surface area contributed by atoms with Crippen LogP contribution < -0.4 is 4.90 Å². The highest BCUT2D eigenvalue weighted by atomic mass is 32.1. The van der Waals surface area contributed by atoms with Crippen molar-refractivity contribution in [3.8, 4) is 11.3 Å². The number of nitrogens with zero attached hydrogens (tertiary/aromatic N) is 4. The quantitative estimate of drug-likeness (QED) is 0.509. The standard InChI is InChI=1S/C24H28N4O2S/c29-23(8-7-20-5-2-1-3-6-20)28(14-4-13-27-15-17-30-18-16-27)24-26-22(19-31-24)21-9-11-25-12-10-21/h1-3,5-6,9-12,19H,4,7-8,13-18H2. The number of rotatable bonds is 9. The normalized spacial score (nSPS) is 14.5. The van der Waals surface area contributed by atoms with E-state index in [1.807, 2.05) is 40.6 Å². The summed E-state index contributed by atoms with van der Waals surface area (Å²) in [5.74, 6) is 0.126. The Morgan fingerprint density at radius 3 is 2.65 bits per heavy atom. The molecule has 3 aromatic rings. The smallest absolute Gasteiger partial charge is 0.229 e. The van der Waals surface area contributed by atoms with E-state index in [0.29, 0.717) is 13.0 Å². The van der Waals surface area contributed by atoms with E-state index < -0.39 is 0 Å². The number of ether oxygens (including phenoxy) is 1. The van der Waals surface area contributed by atoms with E-state index in [1.54, 1.807) is 12.4 Å². The summed E-state index contributed by atoms with van der Waals surface area (Å²) in [7, 11) is 0. The molecule has 31 heavy (non-hydrogen) atoms. The minimum atomic E-state index is 0.126. The summed E-state index contributed by atoms with van der Waals surface area (Å²) < 4.78 is 5.43. The maximum atomic E-state index is 13.2. The van der Waals surface area contributed by atoms with Crippen LogP contribution in [-0.2, 0) is 16.0 Å². The lowest BCUT2D eigenvalue weighted by atomic mass is 10.1. The Kier molecular flexibility index (Phi) is 7.76. The summed E-state index contributed by atoms with van der Waals surface area (Å²) >= 11 is 1.53. The fraction of sp³-hybridized carbons (Fsp3) is 0.375. The monoisotopic (exact) mass is 436 g/mol. The number of hydrogen-bond donors (Lipinski definition) is 0. The molecule has 6 nitrogen and oxygen atoms in total. The third kappa shape index (κ3) is 6.19. The number of carbonyl (C=O) groups is 1. The van der Waals surface area contributed by atoms with Crippen LogP contribution in [0.5, 0.6) is 0 Å². The Labute approximate surface area is 187 Å². The SMILES string of the molecule is O=C(CCc1ccccc1)N(CCCN1CCOCC1)c1nc(-c2ccncc2)cs1. The molecule has 3 heterocycles. The molecule has 0 bridgehead atoms. The van der Waals surface area contributed by atoms with Gasteiger partial charge in [-0.1, -0.05) is 30.3 Å². The van der Waals surface area contributed by atoms with Crippen molar-refractivity contribution in [1.29, 1.82) is 0 Å². The van der Waals surface area contributed by atoms with Crippen LogP contribution in [0, 0.1) is 0 Å². The Morgan fingerprint density at radius 2 is 1.87 bits per heavy atom. The van der Waals surface area contributed by atoms with E-state index in [0.717, 1.165) is 62.1 Å². The average Bonchev–Trinajstić information content (AvgIpc) is 3.32. The molecule has 1 aliphatic rings. The first-order valence-corrected chi connectivity index (χ1v) is 11.7. The first-order valence-electron chi connectivity index (χ1n) is 10.8. The molecule has 162 valence electrons. The van der Waals surface area contributed by atoms with E-state index >= 15 is 0 Å². The van der Waals surface area contributed by atoms with Gasteiger partial charge in [0.25, 0.3) is 0 Å². The molecule has 2 aromatic heterocycles. The molecular weight excluding hydrogens is 408 g/mol. The number of aryl methyl sites for hydroxylation is 1. The number of anilines is 1. The zero-order valence-corrected chi connectivity index (χ0v) is 18.5. The topological polar surface area (TPSA) is 58.6 Å². The lowest BCUT2D eigenvalue weighted by Crippen LogP contribution is -2.39. The van der Waals surface area contributed by atoms with Crippen LogP contribution in [0.25, 0.3) is 11.3 Å². The minimum absolute atomic E-state index is 0.126. The van der Waals surface area contributed by atoms with Gasteiger partial charge in [-0.05, 0) is 30.5 Å². The summed E-state index contributed by atoms with van der Waals surface area (Å²) in [6, 6.07) is 14.1. The van der Waals surface area contributed by atoms with Crippen molar-refractivity contribution in [2.45, 2.75) is 19.3 Å². The fourth-order valence-corrected chi connectivity index (χ4v) is 4.56. The van der Waals surface area contributed by atoms with E-state index in [9.17, 15) is 4.79 Å². The van der Waals surface area contributed by atoms with Crippen LogP contribution in [0.2, 0.25) is 0 Å². The molecule has 0 unspecified atom stereocenters. The molecule has 1 fully saturated rings. The number of thiazole rings is 1. The zero-order valence-electron chi connectivity index (χ0n) is 17.7. The molecule has 1 aromatic carbocycles. The third-order valence-electron chi connectivity index (χ3n) is 5.43. The summed E-state index contributed by atoms with van der Waals surface area (Å²) in [6.07, 6.45) is 5.66. The molecular formula is C24H28N4O2S. The van der Waals surface area contributed by atoms with Gasteiger partial charge in [0.05, 0.1) is 18.9 Å². The second-order valence-corrected chi connectivity index (χ2v) is 8.43. The number of amides is 1. The average molecular weight is 437 g/mol. The number of hydrogen-bond acceptors (Lipinski definition) is 6. The molecule has 4 rings (SSSR count). The number of aromatic nitrogens is 2. The Hall–Kier alpha value is -2.61. The molecule has 0 aliphatic carbocycles. The molecule has 0 spiro atoms. The Balaban J connectivity index is 1.43. The van der Waals surface area contributed by atoms with Gasteiger partial charge < -0.3 is 4.74 Å². The summed E-state index contributed by atoms with van der Waals surface area (Å²) in [4.78, 5) is 26.3. The zero-order chi connectivity index (χ0) is 21.3. The van der Waals surface area contributed by atoms with Crippen molar-refractivity contribution >= 4 is 22.4 Å². The van der Waals surface area contributed by atoms with Gasteiger partial charge in [0.15, 0.2) is 5.13 Å². The number of benzene rings is 1. The molecule has 1 saturated heterocycles. The molecule has 1 amide bonds. The van der Waals surface area contributed by atoms with Crippen molar-refractivity contribution in [1.82, 2.24) is 14.9 Å². The van der Waals surface area contributed by atoms with E-state index in [-0.39, 0.29) is 5.91 Å². The van der Waals surface area contributed by atoms with Gasteiger partial charge in [0, 0.05) is 55.9 Å². The van der Waals surface area contributed by atoms with Crippen LogP contribution in [0.4, 0.5) is 5.13 Å². The van der Waals surface area contributed by atoms with Gasteiger partial charge in [0.2, 0.25) is 5.91 Å². The predicted molar refractivity (Wildman–Crippen MR) is 124 cm³/mol. The summed E-state index contributed by atoms with van der Waals surface area (Å²) in [6.45, 7) is 5.16. The van der Waals surface area contributed by atoms with Crippen molar-refractivity contribution in [2.75, 3.05) is 44.3 Å². The highest BCUT2D eigenvalue weighted by Gasteiger charge is 2.20.